The first-order valence-corrected chi connectivity index (χ1v) is 6.15. The zero-order valence-corrected chi connectivity index (χ0v) is 10.4. The third-order valence-electron chi connectivity index (χ3n) is 3.05. The molecule has 2 N–H and O–H groups in total. The van der Waals surface area contributed by atoms with Gasteiger partial charge in [0.1, 0.15) is 5.82 Å². The van der Waals surface area contributed by atoms with E-state index in [0.29, 0.717) is 31.7 Å². The van der Waals surface area contributed by atoms with Gasteiger partial charge < -0.3 is 15.3 Å². The van der Waals surface area contributed by atoms with Crippen molar-refractivity contribution in [2.75, 3.05) is 37.7 Å². The van der Waals surface area contributed by atoms with E-state index in [2.05, 4.69) is 10.3 Å². The third kappa shape index (κ3) is 3.36. The van der Waals surface area contributed by atoms with Crippen molar-refractivity contribution in [2.45, 2.75) is 12.6 Å². The van der Waals surface area contributed by atoms with Gasteiger partial charge in [-0.3, -0.25) is 0 Å². The van der Waals surface area contributed by atoms with Crippen molar-refractivity contribution in [3.8, 4) is 0 Å². The monoisotopic (exact) mass is 275 g/mol. The lowest BCUT2D eigenvalue weighted by Crippen LogP contribution is -2.44. The second-order valence-electron chi connectivity index (χ2n) is 4.42. The minimum absolute atomic E-state index is 0.0179. The maximum Gasteiger partial charge on any atom is 0.419 e. The Kier molecular flexibility index (Phi) is 4.26. The Bertz CT molecular complexity index is 431. The van der Waals surface area contributed by atoms with Gasteiger partial charge in [0.25, 0.3) is 0 Å². The maximum absolute atomic E-state index is 13.1. The van der Waals surface area contributed by atoms with Gasteiger partial charge in [0.15, 0.2) is 0 Å². The number of hydrogen-bond acceptors (Lipinski definition) is 4. The fraction of sp³-hybridized carbons (Fsp3) is 0.583. The Labute approximate surface area is 109 Å². The van der Waals surface area contributed by atoms with Crippen molar-refractivity contribution >= 4 is 5.82 Å². The summed E-state index contributed by atoms with van der Waals surface area (Å²) in [6.07, 6.45) is -2.85. The smallest absolute Gasteiger partial charge is 0.396 e. The molecule has 1 aliphatic rings. The van der Waals surface area contributed by atoms with Crippen molar-refractivity contribution in [1.82, 2.24) is 10.3 Å². The zero-order valence-electron chi connectivity index (χ0n) is 10.4. The fourth-order valence-corrected chi connectivity index (χ4v) is 2.10. The summed E-state index contributed by atoms with van der Waals surface area (Å²) < 4.78 is 39.2. The molecule has 1 saturated heterocycles. The molecule has 2 heterocycles. The molecule has 0 atom stereocenters. The Hall–Kier alpha value is -1.34. The molecule has 0 aromatic carbocycles. The summed E-state index contributed by atoms with van der Waals surface area (Å²) in [5, 5.41) is 11.9. The summed E-state index contributed by atoms with van der Waals surface area (Å²) in [6, 6.07) is 1.08. The highest BCUT2D eigenvalue weighted by Crippen LogP contribution is 2.36. The fourth-order valence-electron chi connectivity index (χ4n) is 2.10. The maximum atomic E-state index is 13.1. The number of aliphatic hydroxyl groups is 1. The van der Waals surface area contributed by atoms with Gasteiger partial charge in [0.2, 0.25) is 0 Å². The van der Waals surface area contributed by atoms with Crippen LogP contribution < -0.4 is 10.2 Å². The van der Waals surface area contributed by atoms with Crippen LogP contribution in [-0.2, 0) is 12.6 Å². The van der Waals surface area contributed by atoms with E-state index in [9.17, 15) is 13.2 Å². The average Bonchev–Trinajstić information content (AvgIpc) is 2.39. The number of alkyl halides is 3. The molecular weight excluding hydrogens is 259 g/mol. The second kappa shape index (κ2) is 5.75. The summed E-state index contributed by atoms with van der Waals surface area (Å²) >= 11 is 0. The van der Waals surface area contributed by atoms with Crippen molar-refractivity contribution in [2.24, 2.45) is 0 Å². The molecule has 0 saturated carbocycles. The van der Waals surface area contributed by atoms with E-state index in [1.807, 2.05) is 0 Å². The molecule has 0 spiro atoms. The van der Waals surface area contributed by atoms with Crippen molar-refractivity contribution in [3.63, 3.8) is 0 Å². The van der Waals surface area contributed by atoms with Crippen molar-refractivity contribution in [3.05, 3.63) is 23.4 Å². The first kappa shape index (κ1) is 14.1. The van der Waals surface area contributed by atoms with Gasteiger partial charge in [-0.25, -0.2) is 4.98 Å². The lowest BCUT2D eigenvalue weighted by molar-refractivity contribution is -0.137. The number of anilines is 1. The van der Waals surface area contributed by atoms with Crippen LogP contribution in [0.1, 0.15) is 11.1 Å². The lowest BCUT2D eigenvalue weighted by atomic mass is 10.1. The number of pyridine rings is 1. The minimum Gasteiger partial charge on any atom is -0.396 e. The quantitative estimate of drug-likeness (QED) is 0.865. The first-order valence-electron chi connectivity index (χ1n) is 6.15. The molecule has 7 heteroatoms. The summed E-state index contributed by atoms with van der Waals surface area (Å²) in [6.45, 7) is 2.13. The van der Waals surface area contributed by atoms with E-state index in [1.165, 1.54) is 6.20 Å². The van der Waals surface area contributed by atoms with Crippen LogP contribution in [0, 0.1) is 0 Å². The number of hydrogen-bond donors (Lipinski definition) is 2. The third-order valence-corrected chi connectivity index (χ3v) is 3.05. The Morgan fingerprint density at radius 1 is 1.32 bits per heavy atom. The van der Waals surface area contributed by atoms with Crippen LogP contribution in [0.2, 0.25) is 0 Å². The molecule has 1 aliphatic heterocycles. The highest BCUT2D eigenvalue weighted by Gasteiger charge is 2.36. The molecule has 2 rings (SSSR count). The van der Waals surface area contributed by atoms with Gasteiger partial charge >= 0.3 is 6.18 Å². The molecule has 0 radical (unpaired) electrons. The molecule has 1 aromatic rings. The topological polar surface area (TPSA) is 48.4 Å². The average molecular weight is 275 g/mol. The SMILES string of the molecule is OCCc1cnc(N2CCNCC2)c(C(F)(F)F)c1. The van der Waals surface area contributed by atoms with Crippen LogP contribution in [0.3, 0.4) is 0 Å². The predicted octanol–water partition coefficient (Wildman–Crippen LogP) is 1.04. The van der Waals surface area contributed by atoms with E-state index in [1.54, 1.807) is 4.90 Å². The summed E-state index contributed by atoms with van der Waals surface area (Å²) in [5.74, 6) is -0.0179. The first-order chi connectivity index (χ1) is 9.02. The number of halogens is 3. The van der Waals surface area contributed by atoms with Crippen LogP contribution >= 0.6 is 0 Å². The van der Waals surface area contributed by atoms with Crippen molar-refractivity contribution in [1.29, 1.82) is 0 Å². The molecule has 0 aliphatic carbocycles. The van der Waals surface area contributed by atoms with Crippen LogP contribution in [0.4, 0.5) is 19.0 Å². The number of aromatic nitrogens is 1. The molecule has 4 nitrogen and oxygen atoms in total. The Balaban J connectivity index is 2.35. The van der Waals surface area contributed by atoms with Gasteiger partial charge in [0, 0.05) is 39.0 Å². The normalized spacial score (nSPS) is 16.7. The van der Waals surface area contributed by atoms with Crippen LogP contribution in [0.15, 0.2) is 12.3 Å². The molecule has 1 aromatic heterocycles. The second-order valence-corrected chi connectivity index (χ2v) is 4.42. The van der Waals surface area contributed by atoms with E-state index in [4.69, 9.17) is 5.11 Å². The highest BCUT2D eigenvalue weighted by atomic mass is 19.4. The van der Waals surface area contributed by atoms with E-state index in [-0.39, 0.29) is 18.8 Å². The van der Waals surface area contributed by atoms with Gasteiger partial charge in [0.05, 0.1) is 5.56 Å². The minimum atomic E-state index is -4.43. The van der Waals surface area contributed by atoms with Crippen LogP contribution in [0.25, 0.3) is 0 Å². The molecule has 0 unspecified atom stereocenters. The van der Waals surface area contributed by atoms with Crippen molar-refractivity contribution < 1.29 is 18.3 Å². The Morgan fingerprint density at radius 3 is 2.58 bits per heavy atom. The summed E-state index contributed by atoms with van der Waals surface area (Å²) in [7, 11) is 0. The van der Waals surface area contributed by atoms with Gasteiger partial charge in [-0.1, -0.05) is 0 Å². The zero-order chi connectivity index (χ0) is 13.9. The number of rotatable bonds is 3. The van der Waals surface area contributed by atoms with Gasteiger partial charge in [-0.05, 0) is 18.1 Å². The molecule has 0 bridgehead atoms. The number of piperazine rings is 1. The predicted molar refractivity (Wildman–Crippen MR) is 65.1 cm³/mol. The van der Waals surface area contributed by atoms with E-state index < -0.39 is 11.7 Å². The molecule has 106 valence electrons. The number of aliphatic hydroxyl groups excluding tert-OH is 1. The lowest BCUT2D eigenvalue weighted by Gasteiger charge is -2.30. The van der Waals surface area contributed by atoms with Gasteiger partial charge in [-0.15, -0.1) is 0 Å². The number of nitrogens with zero attached hydrogens (tertiary/aromatic N) is 2. The van der Waals surface area contributed by atoms with Gasteiger partial charge in [-0.2, -0.15) is 13.2 Å². The highest BCUT2D eigenvalue weighted by molar-refractivity contribution is 5.50. The largest absolute Gasteiger partial charge is 0.419 e. The van der Waals surface area contributed by atoms with Crippen LogP contribution in [0.5, 0.6) is 0 Å². The summed E-state index contributed by atoms with van der Waals surface area (Å²) in [4.78, 5) is 5.60. The van der Waals surface area contributed by atoms with E-state index >= 15 is 0 Å². The molecule has 19 heavy (non-hydrogen) atoms. The number of nitrogens with one attached hydrogen (secondary N) is 1. The molecule has 1 fully saturated rings. The van der Waals surface area contributed by atoms with Crippen LogP contribution in [-0.4, -0.2) is 42.9 Å². The summed E-state index contributed by atoms with van der Waals surface area (Å²) in [5.41, 5.74) is -0.325. The Morgan fingerprint density at radius 2 is 2.00 bits per heavy atom. The molecular formula is C12H16F3N3O. The molecule has 0 amide bonds. The standard InChI is InChI=1S/C12H16F3N3O/c13-12(14,15)10-7-9(1-6-19)8-17-11(10)18-4-2-16-3-5-18/h7-8,16,19H,1-6H2. The van der Waals surface area contributed by atoms with E-state index in [0.717, 1.165) is 6.07 Å².